The molecule has 1 aromatic carbocycles. The number of carbonyl (C=O) groups is 2. The van der Waals surface area contributed by atoms with Crippen molar-refractivity contribution in [2.45, 2.75) is 26.3 Å². The first-order valence-corrected chi connectivity index (χ1v) is 7.16. The standard InChI is InChI=1S/C16H21NO4/c1-4-21-14-7-5-6-12(8-14)11(2)17-10-13(9-15(17)18)16(19)20-3/h5-8,11,13H,4,9-10H2,1-3H3. The van der Waals surface area contributed by atoms with Crippen molar-refractivity contribution >= 4 is 11.9 Å². The molecule has 5 nitrogen and oxygen atoms in total. The number of hydrogen-bond acceptors (Lipinski definition) is 4. The van der Waals surface area contributed by atoms with E-state index in [-0.39, 0.29) is 30.3 Å². The first-order valence-electron chi connectivity index (χ1n) is 7.16. The second-order valence-corrected chi connectivity index (χ2v) is 5.15. The van der Waals surface area contributed by atoms with Crippen LogP contribution in [0.4, 0.5) is 0 Å². The van der Waals surface area contributed by atoms with E-state index in [2.05, 4.69) is 0 Å². The number of amides is 1. The molecule has 0 N–H and O–H groups in total. The van der Waals surface area contributed by atoms with Crippen molar-refractivity contribution in [1.29, 1.82) is 0 Å². The fourth-order valence-electron chi connectivity index (χ4n) is 2.64. The van der Waals surface area contributed by atoms with Crippen LogP contribution >= 0.6 is 0 Å². The summed E-state index contributed by atoms with van der Waals surface area (Å²) in [5.74, 6) is 0.0962. The van der Waals surface area contributed by atoms with Crippen LogP contribution in [0.15, 0.2) is 24.3 Å². The minimum atomic E-state index is -0.361. The second-order valence-electron chi connectivity index (χ2n) is 5.15. The van der Waals surface area contributed by atoms with Crippen molar-refractivity contribution in [3.63, 3.8) is 0 Å². The molecule has 1 aliphatic heterocycles. The minimum absolute atomic E-state index is 0.0142. The molecule has 1 amide bonds. The highest BCUT2D eigenvalue weighted by Gasteiger charge is 2.37. The lowest BCUT2D eigenvalue weighted by atomic mass is 10.1. The summed E-state index contributed by atoms with van der Waals surface area (Å²) in [6.45, 7) is 4.90. The molecule has 0 spiro atoms. The Morgan fingerprint density at radius 1 is 1.48 bits per heavy atom. The number of methoxy groups -OCH3 is 1. The summed E-state index contributed by atoms with van der Waals surface area (Å²) in [4.78, 5) is 25.4. The number of ether oxygens (including phenoxy) is 2. The van der Waals surface area contributed by atoms with Crippen LogP contribution in [0.25, 0.3) is 0 Å². The molecule has 0 saturated carbocycles. The van der Waals surface area contributed by atoms with E-state index in [0.29, 0.717) is 13.2 Å². The highest BCUT2D eigenvalue weighted by atomic mass is 16.5. The normalized spacial score (nSPS) is 19.5. The molecule has 21 heavy (non-hydrogen) atoms. The van der Waals surface area contributed by atoms with Crippen LogP contribution in [0.3, 0.4) is 0 Å². The number of carbonyl (C=O) groups excluding carboxylic acids is 2. The number of hydrogen-bond donors (Lipinski definition) is 0. The van der Waals surface area contributed by atoms with Gasteiger partial charge in [-0.15, -0.1) is 0 Å². The number of benzene rings is 1. The zero-order chi connectivity index (χ0) is 15.4. The van der Waals surface area contributed by atoms with E-state index in [1.165, 1.54) is 7.11 Å². The number of esters is 1. The number of nitrogens with zero attached hydrogens (tertiary/aromatic N) is 1. The van der Waals surface area contributed by atoms with Crippen LogP contribution < -0.4 is 4.74 Å². The molecule has 2 unspecified atom stereocenters. The van der Waals surface area contributed by atoms with Gasteiger partial charge in [-0.3, -0.25) is 9.59 Å². The number of likely N-dealkylation sites (tertiary alicyclic amines) is 1. The summed E-state index contributed by atoms with van der Waals surface area (Å²) >= 11 is 0. The molecule has 1 aromatic rings. The molecule has 0 aliphatic carbocycles. The van der Waals surface area contributed by atoms with Crippen molar-refractivity contribution in [2.75, 3.05) is 20.3 Å². The van der Waals surface area contributed by atoms with Crippen molar-refractivity contribution in [1.82, 2.24) is 4.90 Å². The zero-order valence-corrected chi connectivity index (χ0v) is 12.7. The second kappa shape index (κ2) is 6.61. The fourth-order valence-corrected chi connectivity index (χ4v) is 2.64. The largest absolute Gasteiger partial charge is 0.494 e. The van der Waals surface area contributed by atoms with E-state index in [1.807, 2.05) is 38.1 Å². The molecule has 0 radical (unpaired) electrons. The molecule has 0 aromatic heterocycles. The van der Waals surface area contributed by atoms with Gasteiger partial charge >= 0.3 is 5.97 Å². The molecule has 1 fully saturated rings. The Morgan fingerprint density at radius 3 is 2.90 bits per heavy atom. The molecule has 0 bridgehead atoms. The van der Waals surface area contributed by atoms with E-state index in [4.69, 9.17) is 9.47 Å². The quantitative estimate of drug-likeness (QED) is 0.780. The maximum absolute atomic E-state index is 12.1. The third kappa shape index (κ3) is 3.35. The average Bonchev–Trinajstić information content (AvgIpc) is 2.88. The van der Waals surface area contributed by atoms with Crippen molar-refractivity contribution in [2.24, 2.45) is 5.92 Å². The van der Waals surface area contributed by atoms with E-state index in [1.54, 1.807) is 4.90 Å². The van der Waals surface area contributed by atoms with Crippen LogP contribution in [0, 0.1) is 5.92 Å². The Labute approximate surface area is 124 Å². The van der Waals surface area contributed by atoms with Crippen molar-refractivity contribution < 1.29 is 19.1 Å². The van der Waals surface area contributed by atoms with Crippen molar-refractivity contribution in [3.8, 4) is 5.75 Å². The van der Waals surface area contributed by atoms with Crippen LogP contribution in [0.1, 0.15) is 31.9 Å². The van der Waals surface area contributed by atoms with Gasteiger partial charge in [0.2, 0.25) is 5.91 Å². The van der Waals surface area contributed by atoms with Gasteiger partial charge in [0.25, 0.3) is 0 Å². The van der Waals surface area contributed by atoms with Gasteiger partial charge in [0.05, 0.1) is 25.7 Å². The third-order valence-corrected chi connectivity index (χ3v) is 3.81. The Balaban J connectivity index is 2.12. The lowest BCUT2D eigenvalue weighted by Crippen LogP contribution is -2.29. The lowest BCUT2D eigenvalue weighted by Gasteiger charge is -2.25. The molecular formula is C16H21NO4. The zero-order valence-electron chi connectivity index (χ0n) is 12.7. The van der Waals surface area contributed by atoms with Gasteiger partial charge in [0.1, 0.15) is 5.75 Å². The first-order chi connectivity index (χ1) is 10.1. The summed E-state index contributed by atoms with van der Waals surface area (Å²) in [5.41, 5.74) is 1.000. The maximum Gasteiger partial charge on any atom is 0.310 e. The third-order valence-electron chi connectivity index (χ3n) is 3.81. The topological polar surface area (TPSA) is 55.8 Å². The maximum atomic E-state index is 12.1. The van der Waals surface area contributed by atoms with Gasteiger partial charge in [-0.2, -0.15) is 0 Å². The smallest absolute Gasteiger partial charge is 0.310 e. The average molecular weight is 291 g/mol. The van der Waals surface area contributed by atoms with Crippen LogP contribution in [0.2, 0.25) is 0 Å². The summed E-state index contributed by atoms with van der Waals surface area (Å²) in [7, 11) is 1.35. The predicted molar refractivity (Wildman–Crippen MR) is 77.9 cm³/mol. The number of rotatable bonds is 5. The lowest BCUT2D eigenvalue weighted by molar-refractivity contribution is -0.145. The molecular weight excluding hydrogens is 270 g/mol. The van der Waals surface area contributed by atoms with Gasteiger partial charge in [0.15, 0.2) is 0 Å². The summed E-state index contributed by atoms with van der Waals surface area (Å²) in [6, 6.07) is 7.61. The highest BCUT2D eigenvalue weighted by molar-refractivity contribution is 5.87. The summed E-state index contributed by atoms with van der Waals surface area (Å²) < 4.78 is 10.2. The van der Waals surface area contributed by atoms with Gasteiger partial charge < -0.3 is 14.4 Å². The monoisotopic (exact) mass is 291 g/mol. The molecule has 1 heterocycles. The van der Waals surface area contributed by atoms with E-state index >= 15 is 0 Å². The first kappa shape index (κ1) is 15.4. The van der Waals surface area contributed by atoms with Crippen LogP contribution in [-0.4, -0.2) is 37.0 Å². The predicted octanol–water partition coefficient (Wildman–Crippen LogP) is 2.17. The van der Waals surface area contributed by atoms with E-state index < -0.39 is 0 Å². The fraction of sp³-hybridized carbons (Fsp3) is 0.500. The van der Waals surface area contributed by atoms with Gasteiger partial charge in [0, 0.05) is 13.0 Å². The summed E-state index contributed by atoms with van der Waals surface area (Å²) in [5, 5.41) is 0. The van der Waals surface area contributed by atoms with Gasteiger partial charge in [-0.1, -0.05) is 12.1 Å². The highest BCUT2D eigenvalue weighted by Crippen LogP contribution is 2.30. The van der Waals surface area contributed by atoms with Crippen LogP contribution in [0.5, 0.6) is 5.75 Å². The Bertz CT molecular complexity index is 529. The van der Waals surface area contributed by atoms with E-state index in [0.717, 1.165) is 11.3 Å². The van der Waals surface area contributed by atoms with E-state index in [9.17, 15) is 9.59 Å². The molecule has 2 rings (SSSR count). The molecule has 5 heteroatoms. The molecule has 1 saturated heterocycles. The van der Waals surface area contributed by atoms with Gasteiger partial charge in [-0.05, 0) is 31.5 Å². The van der Waals surface area contributed by atoms with Crippen molar-refractivity contribution in [3.05, 3.63) is 29.8 Å². The van der Waals surface area contributed by atoms with Crippen LogP contribution in [-0.2, 0) is 14.3 Å². The minimum Gasteiger partial charge on any atom is -0.494 e. The summed E-state index contributed by atoms with van der Waals surface area (Å²) in [6.07, 6.45) is 0.224. The Kier molecular flexibility index (Phi) is 4.83. The molecule has 1 aliphatic rings. The molecule has 114 valence electrons. The molecule has 2 atom stereocenters. The Hall–Kier alpha value is -2.04. The SMILES string of the molecule is CCOc1cccc(C(C)N2CC(C(=O)OC)CC2=O)c1. The van der Waals surface area contributed by atoms with Gasteiger partial charge in [-0.25, -0.2) is 0 Å². The Morgan fingerprint density at radius 2 is 2.24 bits per heavy atom.